The van der Waals surface area contributed by atoms with Crippen LogP contribution < -0.4 is 0 Å². The van der Waals surface area contributed by atoms with Crippen LogP contribution in [0.15, 0.2) is 23.3 Å². The van der Waals surface area contributed by atoms with E-state index in [0.29, 0.717) is 71.4 Å². The Morgan fingerprint density at radius 1 is 0.464 bits per heavy atom. The second kappa shape index (κ2) is 47.8. The number of ether oxygens (including phenoxy) is 2. The summed E-state index contributed by atoms with van der Waals surface area (Å²) in [7, 11) is 0. The lowest BCUT2D eigenvalue weighted by Crippen LogP contribution is -2.32. The van der Waals surface area contributed by atoms with Crippen LogP contribution >= 0.6 is 0 Å². The van der Waals surface area contributed by atoms with Crippen LogP contribution in [-0.2, 0) is 28.7 Å². The molecule has 1 heterocycles. The number of unbranched alkanes of at least 4 members (excludes halogenated alkanes) is 22. The number of hydrogen-bond donors (Lipinski definition) is 0. The molecule has 1 amide bonds. The first kappa shape index (κ1) is 64.5. The Morgan fingerprint density at radius 2 is 0.913 bits per heavy atom. The fraction of sp³-hybridized carbons (Fsp3) is 0.867. The van der Waals surface area contributed by atoms with Crippen molar-refractivity contribution in [1.29, 1.82) is 0 Å². The molecule has 0 N–H and O–H groups in total. The van der Waals surface area contributed by atoms with E-state index in [0.717, 1.165) is 82.9 Å². The predicted octanol–water partition coefficient (Wildman–Crippen LogP) is 15.5. The highest BCUT2D eigenvalue weighted by Crippen LogP contribution is 2.21. The number of rotatable bonds is 48. The molecule has 69 heavy (non-hydrogen) atoms. The van der Waals surface area contributed by atoms with E-state index in [1.165, 1.54) is 153 Å². The van der Waals surface area contributed by atoms with Gasteiger partial charge in [-0.3, -0.25) is 24.1 Å². The van der Waals surface area contributed by atoms with Gasteiger partial charge in [-0.2, -0.15) is 0 Å². The summed E-state index contributed by atoms with van der Waals surface area (Å²) in [5.74, 6) is -0.133. The lowest BCUT2D eigenvalue weighted by atomic mass is 10.0. The van der Waals surface area contributed by atoms with Crippen molar-refractivity contribution < 1.29 is 28.7 Å². The molecule has 0 aliphatic carbocycles. The Labute approximate surface area is 426 Å². The second-order valence-corrected chi connectivity index (χ2v) is 20.6. The third kappa shape index (κ3) is 39.7. The molecule has 1 fully saturated rings. The van der Waals surface area contributed by atoms with Crippen molar-refractivity contribution in [3.8, 4) is 0 Å². The number of carbonyl (C=O) groups is 4. The quantitative estimate of drug-likeness (QED) is 0.0257. The molecule has 0 aromatic carbocycles. The van der Waals surface area contributed by atoms with E-state index in [4.69, 9.17) is 9.47 Å². The molecule has 1 saturated heterocycles. The van der Waals surface area contributed by atoms with Gasteiger partial charge in [0.25, 0.3) is 0 Å². The monoisotopic (exact) mass is 970 g/mol. The van der Waals surface area contributed by atoms with Crippen LogP contribution in [0.2, 0.25) is 0 Å². The maximum Gasteiger partial charge on any atom is 0.305 e. The van der Waals surface area contributed by atoms with Gasteiger partial charge in [0.15, 0.2) is 5.78 Å². The van der Waals surface area contributed by atoms with E-state index in [9.17, 15) is 19.2 Å². The Morgan fingerprint density at radius 3 is 1.42 bits per heavy atom. The molecular formula is C60H111N3O6. The van der Waals surface area contributed by atoms with Gasteiger partial charge in [0, 0.05) is 38.9 Å². The molecule has 9 nitrogen and oxygen atoms in total. The molecule has 1 aliphatic rings. The highest BCUT2D eigenvalue weighted by molar-refractivity contribution is 5.92. The molecule has 0 saturated carbocycles. The van der Waals surface area contributed by atoms with E-state index >= 15 is 0 Å². The summed E-state index contributed by atoms with van der Waals surface area (Å²) in [6.45, 7) is 18.3. The van der Waals surface area contributed by atoms with Gasteiger partial charge < -0.3 is 19.3 Å². The van der Waals surface area contributed by atoms with E-state index in [2.05, 4.69) is 50.5 Å². The summed E-state index contributed by atoms with van der Waals surface area (Å²) in [4.78, 5) is 59.0. The highest BCUT2D eigenvalue weighted by Gasteiger charge is 2.19. The van der Waals surface area contributed by atoms with Crippen LogP contribution in [0.5, 0.6) is 0 Å². The predicted molar refractivity (Wildman–Crippen MR) is 292 cm³/mol. The van der Waals surface area contributed by atoms with E-state index in [1.807, 2.05) is 11.0 Å². The molecule has 402 valence electrons. The number of amides is 1. The van der Waals surface area contributed by atoms with Crippen LogP contribution in [0.3, 0.4) is 0 Å². The van der Waals surface area contributed by atoms with Crippen molar-refractivity contribution in [1.82, 2.24) is 14.7 Å². The lowest BCUT2D eigenvalue weighted by Gasteiger charge is -2.24. The largest absolute Gasteiger partial charge is 0.466 e. The zero-order valence-electron chi connectivity index (χ0n) is 46.2. The van der Waals surface area contributed by atoms with E-state index < -0.39 is 0 Å². The molecule has 0 atom stereocenters. The highest BCUT2D eigenvalue weighted by atomic mass is 16.5. The van der Waals surface area contributed by atoms with Crippen LogP contribution in [0.25, 0.3) is 0 Å². The average molecular weight is 971 g/mol. The zero-order chi connectivity index (χ0) is 50.3. The first-order valence-corrected chi connectivity index (χ1v) is 29.7. The summed E-state index contributed by atoms with van der Waals surface area (Å²) in [5, 5.41) is 0. The minimum Gasteiger partial charge on any atom is -0.466 e. The van der Waals surface area contributed by atoms with E-state index in [-0.39, 0.29) is 30.2 Å². The molecular weight excluding hydrogens is 859 g/mol. The summed E-state index contributed by atoms with van der Waals surface area (Å²) < 4.78 is 10.8. The fourth-order valence-electron chi connectivity index (χ4n) is 9.51. The molecule has 0 radical (unpaired) electrons. The maximum atomic E-state index is 13.9. The number of hydrogen-bond acceptors (Lipinski definition) is 8. The topological polar surface area (TPSA) is 96.5 Å². The van der Waals surface area contributed by atoms with Crippen LogP contribution in [0, 0.1) is 0 Å². The van der Waals surface area contributed by atoms with Crippen molar-refractivity contribution >= 4 is 23.6 Å². The van der Waals surface area contributed by atoms with Crippen LogP contribution in [0.4, 0.5) is 0 Å². The first-order valence-electron chi connectivity index (χ1n) is 29.7. The van der Waals surface area contributed by atoms with Crippen molar-refractivity contribution in [2.45, 2.75) is 272 Å². The standard InChI is InChI=1S/C60H111N3O6/c1-6-11-16-19-22-25-28-36-55(42-49-61(44-29-26-23-20-17-12-7-2)45-30-27-24-21-18-13-8-3)40-41-58(65)63-48-33-37-56(43-50-63)53-57(64)54-62(46-34-38-59(66)68-51-31-14-9-4)47-35-39-60(67)69-52-32-15-10-5/h40,53H,6-39,41-52,54H2,1-5H3/b55-40+,56-53-. The third-order valence-corrected chi connectivity index (χ3v) is 14.0. The molecule has 0 aromatic rings. The van der Waals surface area contributed by atoms with Gasteiger partial charge in [-0.25, -0.2) is 0 Å². The van der Waals surface area contributed by atoms with Gasteiger partial charge in [0.2, 0.25) is 5.91 Å². The Balaban J connectivity index is 2.92. The van der Waals surface area contributed by atoms with Crippen molar-refractivity contribution in [2.24, 2.45) is 0 Å². The molecule has 0 spiro atoms. The molecule has 0 aromatic heterocycles. The number of ketones is 1. The van der Waals surface area contributed by atoms with Gasteiger partial charge in [0.05, 0.1) is 19.8 Å². The number of likely N-dealkylation sites (tertiary alicyclic amines) is 1. The Bertz CT molecular complexity index is 1270. The second-order valence-electron chi connectivity index (χ2n) is 20.6. The summed E-state index contributed by atoms with van der Waals surface area (Å²) in [5.41, 5.74) is 2.58. The SMILES string of the molecule is CCCCCCCCC/C(=C\CC(=O)N1CCC/C(=C/C(=O)CN(CCCC(=O)OCCCCC)CCCC(=O)OCCCCC)CC1)CCN(CCCCCCCCC)CCCCCCCCC. The lowest BCUT2D eigenvalue weighted by molar-refractivity contribution is -0.144. The van der Waals surface area contributed by atoms with Gasteiger partial charge in [-0.05, 0) is 109 Å². The summed E-state index contributed by atoms with van der Waals surface area (Å²) in [6.07, 6.45) is 44.9. The van der Waals surface area contributed by atoms with Crippen LogP contribution in [0.1, 0.15) is 272 Å². The minimum absolute atomic E-state index is 0.0417. The Hall–Kier alpha value is -2.52. The smallest absolute Gasteiger partial charge is 0.305 e. The molecule has 0 bridgehead atoms. The van der Waals surface area contributed by atoms with E-state index in [1.54, 1.807) is 0 Å². The minimum atomic E-state index is -0.192. The van der Waals surface area contributed by atoms with Crippen LogP contribution in [-0.4, -0.2) is 104 Å². The van der Waals surface area contributed by atoms with Crippen molar-refractivity contribution in [2.75, 3.05) is 65.6 Å². The normalized spacial score (nSPS) is 14.0. The Kier molecular flexibility index (Phi) is 44.7. The van der Waals surface area contributed by atoms with Gasteiger partial charge in [0.1, 0.15) is 0 Å². The first-order chi connectivity index (χ1) is 33.8. The maximum absolute atomic E-state index is 13.9. The van der Waals surface area contributed by atoms with Gasteiger partial charge >= 0.3 is 11.9 Å². The molecule has 0 unspecified atom stereocenters. The van der Waals surface area contributed by atoms with Crippen molar-refractivity contribution in [3.63, 3.8) is 0 Å². The molecule has 1 aliphatic heterocycles. The number of carbonyl (C=O) groups excluding carboxylic acids is 4. The van der Waals surface area contributed by atoms with Gasteiger partial charge in [-0.1, -0.05) is 193 Å². The third-order valence-electron chi connectivity index (χ3n) is 14.0. The number of esters is 2. The molecule has 1 rings (SSSR count). The van der Waals surface area contributed by atoms with Crippen molar-refractivity contribution in [3.05, 3.63) is 23.3 Å². The summed E-state index contributed by atoms with van der Waals surface area (Å²) in [6, 6.07) is 0. The fourth-order valence-corrected chi connectivity index (χ4v) is 9.51. The zero-order valence-corrected chi connectivity index (χ0v) is 46.2. The molecule has 9 heteroatoms. The van der Waals surface area contributed by atoms with Gasteiger partial charge in [-0.15, -0.1) is 0 Å². The summed E-state index contributed by atoms with van der Waals surface area (Å²) >= 11 is 0. The number of nitrogens with zero attached hydrogens (tertiary/aromatic N) is 3. The average Bonchev–Trinajstić information content (AvgIpc) is 3.58.